The minimum absolute atomic E-state index is 0.266. The molecule has 0 saturated carbocycles. The van der Waals surface area contributed by atoms with Gasteiger partial charge < -0.3 is 0 Å². The highest BCUT2D eigenvalue weighted by Gasteiger charge is 2.13. The summed E-state index contributed by atoms with van der Waals surface area (Å²) in [6.07, 6.45) is 11.2. The maximum absolute atomic E-state index is 11.5. The van der Waals surface area contributed by atoms with Crippen LogP contribution in [0.1, 0.15) is 20.8 Å². The van der Waals surface area contributed by atoms with Crippen molar-refractivity contribution in [2.45, 2.75) is 20.8 Å². The zero-order chi connectivity index (χ0) is 14.7. The van der Waals surface area contributed by atoms with Crippen LogP contribution in [0.4, 0.5) is 0 Å². The highest BCUT2D eigenvalue weighted by molar-refractivity contribution is 5.93. The third-order valence-electron chi connectivity index (χ3n) is 2.01. The smallest absolute Gasteiger partial charge is 0.242 e. The van der Waals surface area contributed by atoms with Crippen molar-refractivity contribution in [1.82, 2.24) is 0 Å². The van der Waals surface area contributed by atoms with E-state index in [-0.39, 0.29) is 5.57 Å². The van der Waals surface area contributed by atoms with Gasteiger partial charge in [-0.2, -0.15) is 0 Å². The lowest BCUT2D eigenvalue weighted by molar-refractivity contribution is -0.252. The van der Waals surface area contributed by atoms with Gasteiger partial charge >= 0.3 is 11.9 Å². The zero-order valence-electron chi connectivity index (χ0n) is 11.4. The Morgan fingerprint density at radius 2 is 1.68 bits per heavy atom. The summed E-state index contributed by atoms with van der Waals surface area (Å²) in [5, 5.41) is 0. The Kier molecular flexibility index (Phi) is 8.45. The Labute approximate surface area is 113 Å². The predicted octanol–water partition coefficient (Wildman–Crippen LogP) is 3.20. The number of allylic oxidation sites excluding steroid dienone is 6. The molecule has 102 valence electrons. The van der Waals surface area contributed by atoms with Gasteiger partial charge in [-0.1, -0.05) is 43.0 Å². The Morgan fingerprint density at radius 3 is 2.21 bits per heavy atom. The molecule has 0 N–H and O–H groups in total. The van der Waals surface area contributed by atoms with Gasteiger partial charge in [0.1, 0.15) is 0 Å². The van der Waals surface area contributed by atoms with Crippen LogP contribution in [0.3, 0.4) is 0 Å². The van der Waals surface area contributed by atoms with Gasteiger partial charge in [0.05, 0.1) is 5.57 Å². The third kappa shape index (κ3) is 6.83. The molecule has 0 fully saturated rings. The van der Waals surface area contributed by atoms with Crippen molar-refractivity contribution in [3.8, 4) is 0 Å². The Bertz CT molecular complexity index is 451. The Morgan fingerprint density at radius 1 is 1.05 bits per heavy atom. The van der Waals surface area contributed by atoms with Crippen LogP contribution < -0.4 is 0 Å². The largest absolute Gasteiger partial charge is 0.385 e. The molecule has 0 aliphatic rings. The lowest BCUT2D eigenvalue weighted by Gasteiger charge is -2.03. The topological polar surface area (TPSA) is 52.6 Å². The molecule has 4 nitrogen and oxygen atoms in total. The molecule has 0 aromatic carbocycles. The van der Waals surface area contributed by atoms with E-state index < -0.39 is 11.9 Å². The van der Waals surface area contributed by atoms with Gasteiger partial charge in [0.25, 0.3) is 0 Å². The molecule has 0 saturated heterocycles. The Hall–Kier alpha value is -2.36. The number of hydrogen-bond donors (Lipinski definition) is 0. The normalized spacial score (nSPS) is 12.8. The Balaban J connectivity index is 4.48. The molecular weight excluding hydrogens is 244 g/mol. The molecule has 0 aliphatic heterocycles. The third-order valence-corrected chi connectivity index (χ3v) is 2.01. The molecule has 0 spiro atoms. The van der Waals surface area contributed by atoms with E-state index in [1.165, 1.54) is 12.2 Å². The van der Waals surface area contributed by atoms with E-state index in [0.717, 1.165) is 0 Å². The van der Waals surface area contributed by atoms with Gasteiger partial charge in [-0.15, -0.1) is 0 Å². The number of hydrogen-bond acceptors (Lipinski definition) is 4. The quantitative estimate of drug-likeness (QED) is 0.330. The summed E-state index contributed by atoms with van der Waals surface area (Å²) in [5.74, 6) is -1.46. The average Bonchev–Trinajstić information content (AvgIpc) is 2.42. The summed E-state index contributed by atoms with van der Waals surface area (Å²) in [6.45, 7) is 8.54. The molecule has 0 radical (unpaired) electrons. The highest BCUT2D eigenvalue weighted by Crippen LogP contribution is 2.04. The molecule has 0 atom stereocenters. The van der Waals surface area contributed by atoms with Gasteiger partial charge in [-0.3, -0.25) is 0 Å². The van der Waals surface area contributed by atoms with Crippen molar-refractivity contribution in [2.24, 2.45) is 0 Å². The molecule has 0 heterocycles. The van der Waals surface area contributed by atoms with E-state index in [1.807, 2.05) is 6.92 Å². The molecule has 0 aliphatic carbocycles. The fraction of sp³-hybridized carbons (Fsp3) is 0.200. The second-order valence-corrected chi connectivity index (χ2v) is 3.46. The summed E-state index contributed by atoms with van der Waals surface area (Å²) in [7, 11) is 0. The van der Waals surface area contributed by atoms with Crippen LogP contribution in [-0.4, -0.2) is 11.9 Å². The minimum atomic E-state index is -0.743. The van der Waals surface area contributed by atoms with Crippen molar-refractivity contribution < 1.29 is 19.4 Å². The van der Waals surface area contributed by atoms with E-state index in [4.69, 9.17) is 0 Å². The first-order chi connectivity index (χ1) is 9.06. The second-order valence-electron chi connectivity index (χ2n) is 3.46. The first kappa shape index (κ1) is 16.6. The summed E-state index contributed by atoms with van der Waals surface area (Å²) >= 11 is 0. The van der Waals surface area contributed by atoms with Gasteiger partial charge in [0, 0.05) is 5.57 Å². The number of carbonyl (C=O) groups excluding carboxylic acids is 2. The van der Waals surface area contributed by atoms with Crippen LogP contribution in [0, 0.1) is 0 Å². The average molecular weight is 262 g/mol. The van der Waals surface area contributed by atoms with E-state index in [0.29, 0.717) is 5.57 Å². The van der Waals surface area contributed by atoms with Crippen molar-refractivity contribution in [2.75, 3.05) is 0 Å². The van der Waals surface area contributed by atoms with Crippen LogP contribution in [0.15, 0.2) is 60.3 Å². The first-order valence-corrected chi connectivity index (χ1v) is 5.75. The van der Waals surface area contributed by atoms with E-state index in [1.54, 1.807) is 44.2 Å². The van der Waals surface area contributed by atoms with E-state index >= 15 is 0 Å². The van der Waals surface area contributed by atoms with E-state index in [2.05, 4.69) is 16.4 Å². The van der Waals surface area contributed by atoms with Crippen molar-refractivity contribution >= 4 is 11.9 Å². The molecule has 19 heavy (non-hydrogen) atoms. The number of carbonyl (C=O) groups is 2. The fourth-order valence-corrected chi connectivity index (χ4v) is 0.952. The van der Waals surface area contributed by atoms with Gasteiger partial charge in [-0.25, -0.2) is 19.4 Å². The molecule has 0 aromatic rings. The maximum atomic E-state index is 11.5. The van der Waals surface area contributed by atoms with Crippen LogP contribution in [0.25, 0.3) is 0 Å². The zero-order valence-corrected chi connectivity index (χ0v) is 11.4. The molecule has 0 bridgehead atoms. The predicted molar refractivity (Wildman–Crippen MR) is 73.8 cm³/mol. The van der Waals surface area contributed by atoms with Crippen LogP contribution in [0.5, 0.6) is 0 Å². The second kappa shape index (κ2) is 9.65. The van der Waals surface area contributed by atoms with E-state index in [9.17, 15) is 9.59 Å². The van der Waals surface area contributed by atoms with Crippen molar-refractivity contribution in [3.05, 3.63) is 60.3 Å². The summed E-state index contributed by atoms with van der Waals surface area (Å²) in [5.41, 5.74) is 0.595. The summed E-state index contributed by atoms with van der Waals surface area (Å²) in [6, 6.07) is 0. The molecule has 0 unspecified atom stereocenters. The molecule has 0 aromatic heterocycles. The number of rotatable bonds is 5. The first-order valence-electron chi connectivity index (χ1n) is 5.75. The van der Waals surface area contributed by atoms with Crippen LogP contribution in [0.2, 0.25) is 0 Å². The van der Waals surface area contributed by atoms with Crippen molar-refractivity contribution in [1.29, 1.82) is 0 Å². The highest BCUT2D eigenvalue weighted by atomic mass is 17.2. The summed E-state index contributed by atoms with van der Waals surface area (Å²) in [4.78, 5) is 31.8. The lowest BCUT2D eigenvalue weighted by atomic mass is 10.2. The van der Waals surface area contributed by atoms with Crippen molar-refractivity contribution in [3.63, 3.8) is 0 Å². The van der Waals surface area contributed by atoms with Crippen LogP contribution >= 0.6 is 0 Å². The SMILES string of the molecule is C=C/C=C\C(=C/C)C(=O)OOC(=O)/C(C)=C/C=C\C. The fourth-order valence-electron chi connectivity index (χ4n) is 0.952. The van der Waals surface area contributed by atoms with Gasteiger partial charge in [0.15, 0.2) is 0 Å². The standard InChI is InChI=1S/C15H18O4/c1-5-8-10-12(4)14(16)18-19-15(17)13(7-3)11-9-6-2/h5-11H,2H2,1,3-4H3/b8-5-,11-9-,12-10+,13-7+. The molecule has 0 rings (SSSR count). The van der Waals surface area contributed by atoms with Gasteiger partial charge in [0.2, 0.25) is 0 Å². The minimum Gasteiger partial charge on any atom is -0.242 e. The molecule has 0 amide bonds. The molecule has 4 heteroatoms. The maximum Gasteiger partial charge on any atom is 0.385 e. The lowest BCUT2D eigenvalue weighted by Crippen LogP contribution is -2.13. The van der Waals surface area contributed by atoms with Gasteiger partial charge in [-0.05, 0) is 26.8 Å². The van der Waals surface area contributed by atoms with Crippen LogP contribution in [-0.2, 0) is 19.4 Å². The summed E-state index contributed by atoms with van der Waals surface area (Å²) < 4.78 is 0. The monoisotopic (exact) mass is 262 g/mol. The molecular formula is C15H18O4.